The Balaban J connectivity index is 1.90. The second-order valence-electron chi connectivity index (χ2n) is 7.51. The fourth-order valence-electron chi connectivity index (χ4n) is 3.71. The Morgan fingerprint density at radius 1 is 1.21 bits per heavy atom. The molecule has 1 aromatic carbocycles. The van der Waals surface area contributed by atoms with Gasteiger partial charge in [-0.05, 0) is 42.3 Å². The summed E-state index contributed by atoms with van der Waals surface area (Å²) >= 11 is 1.76. The summed E-state index contributed by atoms with van der Waals surface area (Å²) in [5, 5.41) is 2.11. The highest BCUT2D eigenvalue weighted by Crippen LogP contribution is 2.37. The molecule has 1 aromatic heterocycles. The SMILES string of the molecule is CCC(C)N(CC(=O)N1CCc2sccc2C1c1ccccc1)C(=O)N(C)C. The van der Waals surface area contributed by atoms with Crippen LogP contribution in [0.4, 0.5) is 4.79 Å². The van der Waals surface area contributed by atoms with E-state index in [1.165, 1.54) is 10.4 Å². The van der Waals surface area contributed by atoms with Gasteiger partial charge in [0.25, 0.3) is 0 Å². The smallest absolute Gasteiger partial charge is 0.320 e. The summed E-state index contributed by atoms with van der Waals surface area (Å²) in [6.45, 7) is 4.82. The molecule has 1 aliphatic heterocycles. The zero-order chi connectivity index (χ0) is 20.3. The quantitative estimate of drug-likeness (QED) is 0.763. The first-order valence-electron chi connectivity index (χ1n) is 9.82. The van der Waals surface area contributed by atoms with Gasteiger partial charge in [0, 0.05) is 31.6 Å². The maximum Gasteiger partial charge on any atom is 0.320 e. The minimum atomic E-state index is -0.118. The van der Waals surface area contributed by atoms with Gasteiger partial charge in [-0.1, -0.05) is 37.3 Å². The monoisotopic (exact) mass is 399 g/mol. The van der Waals surface area contributed by atoms with Crippen molar-refractivity contribution >= 4 is 23.3 Å². The van der Waals surface area contributed by atoms with Crippen LogP contribution in [0.2, 0.25) is 0 Å². The predicted octanol–water partition coefficient (Wildman–Crippen LogP) is 4.00. The second kappa shape index (κ2) is 8.78. The molecule has 28 heavy (non-hydrogen) atoms. The molecule has 3 rings (SSSR count). The van der Waals surface area contributed by atoms with E-state index in [0.717, 1.165) is 18.4 Å². The maximum atomic E-state index is 13.4. The van der Waals surface area contributed by atoms with Crippen molar-refractivity contribution in [3.8, 4) is 0 Å². The van der Waals surface area contributed by atoms with Crippen LogP contribution in [0.3, 0.4) is 0 Å². The van der Waals surface area contributed by atoms with E-state index in [2.05, 4.69) is 23.6 Å². The average molecular weight is 400 g/mol. The number of urea groups is 1. The molecule has 2 unspecified atom stereocenters. The summed E-state index contributed by atoms with van der Waals surface area (Å²) in [5.74, 6) is 0.00111. The molecule has 150 valence electrons. The number of thiophene rings is 1. The summed E-state index contributed by atoms with van der Waals surface area (Å²) in [6.07, 6.45) is 1.68. The predicted molar refractivity (Wildman–Crippen MR) is 114 cm³/mol. The lowest BCUT2D eigenvalue weighted by Crippen LogP contribution is -2.51. The van der Waals surface area contributed by atoms with Crippen molar-refractivity contribution < 1.29 is 9.59 Å². The van der Waals surface area contributed by atoms with E-state index in [-0.39, 0.29) is 30.6 Å². The molecular formula is C22H29N3O2S. The van der Waals surface area contributed by atoms with Gasteiger partial charge in [-0.15, -0.1) is 11.3 Å². The van der Waals surface area contributed by atoms with Gasteiger partial charge in [-0.2, -0.15) is 0 Å². The van der Waals surface area contributed by atoms with Crippen molar-refractivity contribution in [2.24, 2.45) is 0 Å². The zero-order valence-electron chi connectivity index (χ0n) is 17.1. The van der Waals surface area contributed by atoms with Crippen molar-refractivity contribution in [1.82, 2.24) is 14.7 Å². The topological polar surface area (TPSA) is 43.9 Å². The van der Waals surface area contributed by atoms with E-state index in [1.807, 2.05) is 36.9 Å². The standard InChI is InChI=1S/C22H29N3O2S/c1-5-16(2)25(22(27)23(3)4)15-20(26)24-13-11-19-18(12-14-28-19)21(24)17-9-7-6-8-10-17/h6-10,12,14,16,21H,5,11,13,15H2,1-4H3. The Hall–Kier alpha value is -2.34. The molecule has 0 saturated heterocycles. The number of amides is 3. The molecule has 0 radical (unpaired) electrons. The van der Waals surface area contributed by atoms with Gasteiger partial charge in [-0.3, -0.25) is 4.79 Å². The summed E-state index contributed by atoms with van der Waals surface area (Å²) in [5.41, 5.74) is 2.33. The van der Waals surface area contributed by atoms with E-state index in [0.29, 0.717) is 6.54 Å². The summed E-state index contributed by atoms with van der Waals surface area (Å²) in [6, 6.07) is 12.1. The molecule has 0 N–H and O–H groups in total. The van der Waals surface area contributed by atoms with Crippen LogP contribution >= 0.6 is 11.3 Å². The molecule has 6 heteroatoms. The molecular weight excluding hydrogens is 370 g/mol. The molecule has 3 amide bonds. The number of carbonyl (C=O) groups is 2. The lowest BCUT2D eigenvalue weighted by atomic mass is 9.93. The van der Waals surface area contributed by atoms with Gasteiger partial charge in [0.05, 0.1) is 6.04 Å². The molecule has 0 aliphatic carbocycles. The molecule has 2 atom stereocenters. The summed E-state index contributed by atoms with van der Waals surface area (Å²) in [4.78, 5) is 32.6. The highest BCUT2D eigenvalue weighted by Gasteiger charge is 2.34. The van der Waals surface area contributed by atoms with Gasteiger partial charge < -0.3 is 14.7 Å². The van der Waals surface area contributed by atoms with Gasteiger partial charge in [0.1, 0.15) is 6.54 Å². The summed E-state index contributed by atoms with van der Waals surface area (Å²) in [7, 11) is 3.46. The third kappa shape index (κ3) is 4.07. The van der Waals surface area contributed by atoms with E-state index < -0.39 is 0 Å². The Kier molecular flexibility index (Phi) is 6.39. The van der Waals surface area contributed by atoms with Crippen molar-refractivity contribution in [2.45, 2.75) is 38.8 Å². The molecule has 0 spiro atoms. The number of fused-ring (bicyclic) bond motifs is 1. The Labute approximate surface area is 171 Å². The zero-order valence-corrected chi connectivity index (χ0v) is 17.9. The largest absolute Gasteiger partial charge is 0.331 e. The molecule has 2 aromatic rings. The van der Waals surface area contributed by atoms with Crippen molar-refractivity contribution in [3.63, 3.8) is 0 Å². The molecule has 2 heterocycles. The molecule has 1 aliphatic rings. The normalized spacial score (nSPS) is 17.0. The number of hydrogen-bond donors (Lipinski definition) is 0. The van der Waals surface area contributed by atoms with Crippen LogP contribution in [0, 0.1) is 0 Å². The van der Waals surface area contributed by atoms with E-state index in [1.54, 1.807) is 35.2 Å². The first kappa shape index (κ1) is 20.4. The Morgan fingerprint density at radius 2 is 1.93 bits per heavy atom. The van der Waals surface area contributed by atoms with Crippen LogP contribution < -0.4 is 0 Å². The first-order valence-corrected chi connectivity index (χ1v) is 10.7. The number of rotatable bonds is 5. The molecule has 0 bridgehead atoms. The van der Waals surface area contributed by atoms with Crippen LogP contribution in [0.15, 0.2) is 41.8 Å². The van der Waals surface area contributed by atoms with E-state index >= 15 is 0 Å². The number of hydrogen-bond acceptors (Lipinski definition) is 3. The van der Waals surface area contributed by atoms with Crippen LogP contribution in [-0.2, 0) is 11.2 Å². The Morgan fingerprint density at radius 3 is 2.57 bits per heavy atom. The van der Waals surface area contributed by atoms with E-state index in [9.17, 15) is 9.59 Å². The second-order valence-corrected chi connectivity index (χ2v) is 8.51. The van der Waals surface area contributed by atoms with Crippen LogP contribution in [0.5, 0.6) is 0 Å². The lowest BCUT2D eigenvalue weighted by Gasteiger charge is -2.39. The highest BCUT2D eigenvalue weighted by atomic mass is 32.1. The van der Waals surface area contributed by atoms with Crippen LogP contribution in [0.1, 0.15) is 42.3 Å². The fraction of sp³-hybridized carbons (Fsp3) is 0.455. The third-order valence-electron chi connectivity index (χ3n) is 5.46. The maximum absolute atomic E-state index is 13.4. The van der Waals surface area contributed by atoms with Crippen LogP contribution in [-0.4, -0.2) is 59.9 Å². The van der Waals surface area contributed by atoms with Crippen molar-refractivity contribution in [2.75, 3.05) is 27.2 Å². The number of carbonyl (C=O) groups excluding carboxylic acids is 2. The number of nitrogens with zero attached hydrogens (tertiary/aromatic N) is 3. The minimum Gasteiger partial charge on any atom is -0.331 e. The average Bonchev–Trinajstić information content (AvgIpc) is 3.19. The summed E-state index contributed by atoms with van der Waals surface area (Å²) < 4.78 is 0. The van der Waals surface area contributed by atoms with Gasteiger partial charge in [0.15, 0.2) is 0 Å². The first-order chi connectivity index (χ1) is 13.4. The fourth-order valence-corrected chi connectivity index (χ4v) is 4.61. The van der Waals surface area contributed by atoms with Crippen LogP contribution in [0.25, 0.3) is 0 Å². The molecule has 0 saturated carbocycles. The van der Waals surface area contributed by atoms with Crippen molar-refractivity contribution in [3.05, 3.63) is 57.8 Å². The van der Waals surface area contributed by atoms with Gasteiger partial charge in [-0.25, -0.2) is 4.79 Å². The molecule has 5 nitrogen and oxygen atoms in total. The van der Waals surface area contributed by atoms with Gasteiger partial charge in [0.2, 0.25) is 5.91 Å². The van der Waals surface area contributed by atoms with E-state index in [4.69, 9.17) is 0 Å². The van der Waals surface area contributed by atoms with Crippen molar-refractivity contribution in [1.29, 1.82) is 0 Å². The Bertz CT molecular complexity index is 818. The lowest BCUT2D eigenvalue weighted by molar-refractivity contribution is -0.134. The molecule has 0 fully saturated rings. The number of benzene rings is 1. The third-order valence-corrected chi connectivity index (χ3v) is 6.45. The minimum absolute atomic E-state index is 0.00111. The van der Waals surface area contributed by atoms with Gasteiger partial charge >= 0.3 is 6.03 Å². The highest BCUT2D eigenvalue weighted by molar-refractivity contribution is 7.10.